The molecular weight excluding hydrogens is 464 g/mol. The molecule has 34 heavy (non-hydrogen) atoms. The van der Waals surface area contributed by atoms with E-state index in [0.29, 0.717) is 25.3 Å². The van der Waals surface area contributed by atoms with Crippen LogP contribution in [0.25, 0.3) is 0 Å². The van der Waals surface area contributed by atoms with E-state index in [1.807, 2.05) is 35.5 Å². The average molecular weight is 490 g/mol. The minimum Gasteiger partial charge on any atom is -0.490 e. The van der Waals surface area contributed by atoms with Crippen LogP contribution >= 0.6 is 11.3 Å². The van der Waals surface area contributed by atoms with Crippen molar-refractivity contribution in [2.75, 3.05) is 20.2 Å². The summed E-state index contributed by atoms with van der Waals surface area (Å²) in [7, 11) is 1.81. The van der Waals surface area contributed by atoms with Crippen molar-refractivity contribution in [1.29, 1.82) is 0 Å². The maximum absolute atomic E-state index is 13.2. The van der Waals surface area contributed by atoms with E-state index >= 15 is 0 Å². The third kappa shape index (κ3) is 5.63. The fourth-order valence-corrected chi connectivity index (χ4v) is 4.63. The number of thiophene rings is 1. The van der Waals surface area contributed by atoms with E-state index in [-0.39, 0.29) is 30.0 Å². The minimum absolute atomic E-state index is 0.0185. The van der Waals surface area contributed by atoms with Gasteiger partial charge in [0.25, 0.3) is 5.91 Å². The molecule has 0 radical (unpaired) electrons. The van der Waals surface area contributed by atoms with Gasteiger partial charge in [0, 0.05) is 17.8 Å². The van der Waals surface area contributed by atoms with E-state index in [4.69, 9.17) is 9.15 Å². The average Bonchev–Trinajstić information content (AvgIpc) is 3.55. The molecule has 0 spiro atoms. The van der Waals surface area contributed by atoms with Gasteiger partial charge in [-0.2, -0.15) is 13.9 Å². The van der Waals surface area contributed by atoms with Gasteiger partial charge in [0.05, 0.1) is 25.5 Å². The molecule has 0 aliphatic carbocycles. The van der Waals surface area contributed by atoms with Gasteiger partial charge in [0.2, 0.25) is 0 Å². The van der Waals surface area contributed by atoms with E-state index in [0.717, 1.165) is 16.2 Å². The molecule has 0 fully saturated rings. The molecule has 0 saturated heterocycles. The molecule has 1 aliphatic rings. The Balaban J connectivity index is 1.46. The molecule has 7 nitrogen and oxygen atoms in total. The maximum atomic E-state index is 13.2. The topological polar surface area (TPSA) is 67.5 Å². The van der Waals surface area contributed by atoms with Crippen LogP contribution in [0.2, 0.25) is 0 Å². The molecule has 2 aromatic heterocycles. The zero-order valence-corrected chi connectivity index (χ0v) is 19.6. The first-order valence-corrected chi connectivity index (χ1v) is 11.7. The van der Waals surface area contributed by atoms with Crippen LogP contribution in [-0.2, 0) is 11.3 Å². The Hall–Kier alpha value is -3.24. The highest BCUT2D eigenvalue weighted by atomic mass is 32.1. The smallest absolute Gasteiger partial charge is 0.387 e. The minimum atomic E-state index is -2.94. The third-order valence-electron chi connectivity index (χ3n) is 5.22. The van der Waals surface area contributed by atoms with Gasteiger partial charge >= 0.3 is 6.61 Å². The fourth-order valence-electron chi connectivity index (χ4n) is 3.82. The Morgan fingerprint density at radius 2 is 2.15 bits per heavy atom. The molecule has 1 amide bonds. The van der Waals surface area contributed by atoms with E-state index in [1.165, 1.54) is 11.1 Å². The number of hydrazone groups is 1. The van der Waals surface area contributed by atoms with Gasteiger partial charge in [-0.05, 0) is 55.2 Å². The quantitative estimate of drug-likeness (QED) is 0.394. The zero-order chi connectivity index (χ0) is 24.1. The lowest BCUT2D eigenvalue weighted by molar-refractivity contribution is -0.134. The van der Waals surface area contributed by atoms with E-state index in [9.17, 15) is 13.6 Å². The Morgan fingerprint density at radius 3 is 2.82 bits per heavy atom. The van der Waals surface area contributed by atoms with Crippen molar-refractivity contribution in [2.45, 2.75) is 32.5 Å². The second kappa shape index (κ2) is 10.8. The van der Waals surface area contributed by atoms with Crippen molar-refractivity contribution in [3.05, 3.63) is 70.3 Å². The highest BCUT2D eigenvalue weighted by Gasteiger charge is 2.34. The first kappa shape index (κ1) is 23.9. The number of nitrogens with zero attached hydrogens (tertiary/aromatic N) is 3. The number of halogens is 2. The van der Waals surface area contributed by atoms with Crippen molar-refractivity contribution in [1.82, 2.24) is 9.91 Å². The highest BCUT2D eigenvalue weighted by molar-refractivity contribution is 7.10. The van der Waals surface area contributed by atoms with Crippen molar-refractivity contribution in [3.63, 3.8) is 0 Å². The van der Waals surface area contributed by atoms with Gasteiger partial charge in [-0.3, -0.25) is 9.69 Å². The summed E-state index contributed by atoms with van der Waals surface area (Å²) in [5.74, 6) is 0.727. The number of likely N-dealkylation sites (N-methyl/N-ethyl adjacent to an activating group) is 1. The summed E-state index contributed by atoms with van der Waals surface area (Å²) < 4.78 is 40.8. The molecule has 4 rings (SSSR count). The van der Waals surface area contributed by atoms with E-state index in [1.54, 1.807) is 42.7 Å². The van der Waals surface area contributed by atoms with Crippen LogP contribution in [0.4, 0.5) is 8.78 Å². The molecule has 1 atom stereocenters. The number of amides is 1. The largest absolute Gasteiger partial charge is 0.490 e. The number of alkyl halides is 2. The number of benzene rings is 1. The Bertz CT molecular complexity index is 1120. The number of hydrogen-bond donors (Lipinski definition) is 0. The van der Waals surface area contributed by atoms with Crippen molar-refractivity contribution < 1.29 is 27.5 Å². The van der Waals surface area contributed by atoms with Crippen molar-refractivity contribution in [2.24, 2.45) is 5.10 Å². The third-order valence-corrected chi connectivity index (χ3v) is 6.20. The van der Waals surface area contributed by atoms with Crippen LogP contribution in [0.1, 0.15) is 35.6 Å². The molecule has 1 aliphatic heterocycles. The number of ether oxygens (including phenoxy) is 2. The number of rotatable bonds is 10. The molecule has 180 valence electrons. The van der Waals surface area contributed by atoms with Crippen LogP contribution in [-0.4, -0.2) is 48.3 Å². The van der Waals surface area contributed by atoms with E-state index in [2.05, 4.69) is 9.84 Å². The van der Waals surface area contributed by atoms with Crippen LogP contribution in [0.15, 0.2) is 63.6 Å². The Kier molecular flexibility index (Phi) is 7.59. The summed E-state index contributed by atoms with van der Waals surface area (Å²) in [6, 6.07) is 12.2. The first-order chi connectivity index (χ1) is 16.4. The first-order valence-electron chi connectivity index (χ1n) is 10.8. The summed E-state index contributed by atoms with van der Waals surface area (Å²) in [5.41, 5.74) is 1.53. The van der Waals surface area contributed by atoms with Crippen LogP contribution in [0, 0.1) is 0 Å². The lowest BCUT2D eigenvalue weighted by atomic mass is 10.1. The molecular formula is C24H25F2N3O4S. The van der Waals surface area contributed by atoms with Crippen molar-refractivity contribution in [3.8, 4) is 11.5 Å². The van der Waals surface area contributed by atoms with Gasteiger partial charge in [0.1, 0.15) is 11.5 Å². The molecule has 1 aromatic carbocycles. The molecule has 0 N–H and O–H groups in total. The monoisotopic (exact) mass is 489 g/mol. The zero-order valence-electron chi connectivity index (χ0n) is 18.8. The SMILES string of the molecule is CCOc1cc(CN(C)CC(=O)N2N=C(c3ccco3)CC2c2cccs2)ccc1OC(F)F. The lowest BCUT2D eigenvalue weighted by Crippen LogP contribution is -2.36. The highest BCUT2D eigenvalue weighted by Crippen LogP contribution is 2.35. The normalized spacial score (nSPS) is 15.8. The van der Waals surface area contributed by atoms with E-state index < -0.39 is 6.61 Å². The van der Waals surface area contributed by atoms with Crippen LogP contribution < -0.4 is 9.47 Å². The summed E-state index contributed by atoms with van der Waals surface area (Å²) in [6.07, 6.45) is 2.16. The van der Waals surface area contributed by atoms with Crippen molar-refractivity contribution >= 4 is 23.0 Å². The predicted molar refractivity (Wildman–Crippen MR) is 124 cm³/mol. The number of carbonyl (C=O) groups excluding carboxylic acids is 1. The maximum Gasteiger partial charge on any atom is 0.387 e. The van der Waals surface area contributed by atoms with Crippen LogP contribution in [0.5, 0.6) is 11.5 Å². The molecule has 0 saturated carbocycles. The molecule has 3 heterocycles. The number of hydrogen-bond acceptors (Lipinski definition) is 7. The predicted octanol–water partition coefficient (Wildman–Crippen LogP) is 5.15. The fraction of sp³-hybridized carbons (Fsp3) is 0.333. The molecule has 0 bridgehead atoms. The summed E-state index contributed by atoms with van der Waals surface area (Å²) in [4.78, 5) is 16.1. The number of furan rings is 1. The summed E-state index contributed by atoms with van der Waals surface area (Å²) in [5, 5.41) is 8.10. The summed E-state index contributed by atoms with van der Waals surface area (Å²) >= 11 is 1.58. The van der Waals surface area contributed by atoms with Gasteiger partial charge in [-0.25, -0.2) is 5.01 Å². The van der Waals surface area contributed by atoms with Gasteiger partial charge in [0.15, 0.2) is 11.5 Å². The number of carbonyl (C=O) groups is 1. The van der Waals surface area contributed by atoms with Gasteiger partial charge in [-0.15, -0.1) is 11.3 Å². The Morgan fingerprint density at radius 1 is 1.29 bits per heavy atom. The standard InChI is InChI=1S/C24H25F2N3O4S/c1-3-31-21-12-16(8-9-20(21)33-24(25)26)14-28(2)15-23(30)29-18(22-7-5-11-34-22)13-17(27-29)19-6-4-10-32-19/h4-12,18,24H,3,13-15H2,1-2H3. The van der Waals surface area contributed by atoms with Gasteiger partial charge in [-0.1, -0.05) is 12.1 Å². The summed E-state index contributed by atoms with van der Waals surface area (Å²) in [6.45, 7) is -0.328. The Labute approximate surface area is 200 Å². The van der Waals surface area contributed by atoms with Gasteiger partial charge < -0.3 is 13.9 Å². The molecule has 3 aromatic rings. The second-order valence-electron chi connectivity index (χ2n) is 7.76. The lowest BCUT2D eigenvalue weighted by Gasteiger charge is -2.24. The molecule has 1 unspecified atom stereocenters. The van der Waals surface area contributed by atoms with Crippen LogP contribution in [0.3, 0.4) is 0 Å². The molecule has 10 heteroatoms. The second-order valence-corrected chi connectivity index (χ2v) is 8.74.